The molecule has 0 spiro atoms. The van der Waals surface area contributed by atoms with E-state index in [4.69, 9.17) is 16.0 Å². The molecule has 3 rings (SSSR count). The number of aromatic nitrogens is 1. The Labute approximate surface area is 155 Å². The summed E-state index contributed by atoms with van der Waals surface area (Å²) in [4.78, 5) is 16.2. The second kappa shape index (κ2) is 8.23. The molecule has 3 aromatic rings. The van der Waals surface area contributed by atoms with Crippen molar-refractivity contribution in [2.45, 2.75) is 18.7 Å². The van der Waals surface area contributed by atoms with Gasteiger partial charge in [0.05, 0.1) is 11.9 Å². The number of amides is 1. The van der Waals surface area contributed by atoms with Crippen LogP contribution < -0.4 is 5.32 Å². The minimum absolute atomic E-state index is 0.0620. The molecule has 25 heavy (non-hydrogen) atoms. The van der Waals surface area contributed by atoms with Gasteiger partial charge in [-0.3, -0.25) is 4.79 Å². The van der Waals surface area contributed by atoms with E-state index < -0.39 is 0 Å². The molecule has 128 valence electrons. The Morgan fingerprint density at radius 1 is 1.24 bits per heavy atom. The molecule has 1 aromatic heterocycles. The number of carbonyl (C=O) groups is 1. The van der Waals surface area contributed by atoms with Crippen LogP contribution in [0.25, 0.3) is 11.3 Å². The van der Waals surface area contributed by atoms with Gasteiger partial charge in [0.2, 0.25) is 5.91 Å². The summed E-state index contributed by atoms with van der Waals surface area (Å²) in [5, 5.41) is 3.98. The summed E-state index contributed by atoms with van der Waals surface area (Å²) in [6, 6.07) is 15.4. The van der Waals surface area contributed by atoms with Crippen LogP contribution in [0.4, 0.5) is 0 Å². The molecule has 0 aliphatic rings. The fraction of sp³-hybridized carbons (Fsp3) is 0.158. The summed E-state index contributed by atoms with van der Waals surface area (Å²) < 4.78 is 5.66. The van der Waals surface area contributed by atoms with Crippen molar-refractivity contribution in [3.05, 3.63) is 70.9 Å². The second-order valence-corrected chi connectivity index (χ2v) is 6.91. The molecule has 2 aromatic carbocycles. The highest BCUT2D eigenvalue weighted by atomic mass is 35.5. The van der Waals surface area contributed by atoms with E-state index in [0.717, 1.165) is 11.1 Å². The summed E-state index contributed by atoms with van der Waals surface area (Å²) in [7, 11) is 0. The van der Waals surface area contributed by atoms with Crippen LogP contribution in [0.3, 0.4) is 0 Å². The van der Waals surface area contributed by atoms with Crippen LogP contribution in [-0.4, -0.2) is 16.6 Å². The predicted octanol–water partition coefficient (Wildman–Crippen LogP) is 4.71. The van der Waals surface area contributed by atoms with E-state index in [0.29, 0.717) is 22.6 Å². The maximum atomic E-state index is 12.0. The van der Waals surface area contributed by atoms with Gasteiger partial charge in [0, 0.05) is 17.1 Å². The van der Waals surface area contributed by atoms with Gasteiger partial charge >= 0.3 is 0 Å². The van der Waals surface area contributed by atoms with Crippen LogP contribution in [0.1, 0.15) is 11.1 Å². The molecule has 0 saturated heterocycles. The van der Waals surface area contributed by atoms with Gasteiger partial charge in [-0.2, -0.15) is 0 Å². The first-order valence-electron chi connectivity index (χ1n) is 7.77. The topological polar surface area (TPSA) is 55.1 Å². The first-order valence-corrected chi connectivity index (χ1v) is 9.13. The first kappa shape index (κ1) is 17.6. The zero-order valence-electron chi connectivity index (χ0n) is 13.7. The van der Waals surface area contributed by atoms with E-state index >= 15 is 0 Å². The van der Waals surface area contributed by atoms with E-state index in [-0.39, 0.29) is 11.7 Å². The van der Waals surface area contributed by atoms with Crippen LogP contribution >= 0.6 is 23.4 Å². The van der Waals surface area contributed by atoms with Gasteiger partial charge in [0.15, 0.2) is 5.76 Å². The number of rotatable bonds is 6. The van der Waals surface area contributed by atoms with Gasteiger partial charge in [-0.1, -0.05) is 65.3 Å². The number of halogens is 1. The zero-order valence-corrected chi connectivity index (χ0v) is 15.2. The standard InChI is InChI=1S/C19H17ClN2O2S/c1-13-5-7-14(8-6-13)10-21-18(23)12-25-19-22-11-17(24-19)15-3-2-4-16(20)9-15/h2-9,11H,10,12H2,1H3,(H,21,23). The van der Waals surface area contributed by atoms with Gasteiger partial charge in [-0.05, 0) is 24.6 Å². The van der Waals surface area contributed by atoms with E-state index in [1.54, 1.807) is 12.3 Å². The SMILES string of the molecule is Cc1ccc(CNC(=O)CSc2ncc(-c3cccc(Cl)c3)o2)cc1. The zero-order chi connectivity index (χ0) is 17.6. The Morgan fingerprint density at radius 2 is 2.04 bits per heavy atom. The highest BCUT2D eigenvalue weighted by Crippen LogP contribution is 2.27. The third-order valence-corrected chi connectivity index (χ3v) is 4.61. The number of nitrogens with zero attached hydrogens (tertiary/aromatic N) is 1. The lowest BCUT2D eigenvalue weighted by Crippen LogP contribution is -2.24. The molecule has 6 heteroatoms. The van der Waals surface area contributed by atoms with Crippen molar-refractivity contribution in [1.82, 2.24) is 10.3 Å². The van der Waals surface area contributed by atoms with E-state index in [1.165, 1.54) is 17.3 Å². The van der Waals surface area contributed by atoms with Gasteiger partial charge < -0.3 is 9.73 Å². The number of hydrogen-bond donors (Lipinski definition) is 1. The Morgan fingerprint density at radius 3 is 2.80 bits per heavy atom. The summed E-state index contributed by atoms with van der Waals surface area (Å²) in [6.07, 6.45) is 1.64. The highest BCUT2D eigenvalue weighted by molar-refractivity contribution is 7.99. The fourth-order valence-electron chi connectivity index (χ4n) is 2.18. The number of hydrogen-bond acceptors (Lipinski definition) is 4. The van der Waals surface area contributed by atoms with Gasteiger partial charge in [-0.15, -0.1) is 0 Å². The molecule has 0 saturated carbocycles. The molecular weight excluding hydrogens is 356 g/mol. The molecule has 0 bridgehead atoms. The first-order chi connectivity index (χ1) is 12.1. The monoisotopic (exact) mass is 372 g/mol. The largest absolute Gasteiger partial charge is 0.431 e. The van der Waals surface area contributed by atoms with Crippen molar-refractivity contribution < 1.29 is 9.21 Å². The fourth-order valence-corrected chi connectivity index (χ4v) is 3.01. The average Bonchev–Trinajstić information content (AvgIpc) is 3.08. The van der Waals surface area contributed by atoms with Crippen LogP contribution in [0.15, 0.2) is 64.4 Å². The molecule has 0 atom stereocenters. The second-order valence-electron chi connectivity index (χ2n) is 5.55. The van der Waals surface area contributed by atoms with Gasteiger partial charge in [0.25, 0.3) is 5.22 Å². The third-order valence-electron chi connectivity index (χ3n) is 3.53. The lowest BCUT2D eigenvalue weighted by atomic mass is 10.1. The molecule has 1 heterocycles. The molecule has 0 aliphatic heterocycles. The summed E-state index contributed by atoms with van der Waals surface area (Å²) in [5.74, 6) is 0.819. The van der Waals surface area contributed by atoms with Crippen molar-refractivity contribution in [3.63, 3.8) is 0 Å². The van der Waals surface area contributed by atoms with Crippen LogP contribution in [0.2, 0.25) is 5.02 Å². The van der Waals surface area contributed by atoms with Crippen molar-refractivity contribution >= 4 is 29.3 Å². The van der Waals surface area contributed by atoms with Crippen LogP contribution in [-0.2, 0) is 11.3 Å². The van der Waals surface area contributed by atoms with E-state index in [9.17, 15) is 4.79 Å². The third kappa shape index (κ3) is 5.11. The van der Waals surface area contributed by atoms with Crippen LogP contribution in [0, 0.1) is 6.92 Å². The number of thioether (sulfide) groups is 1. The quantitative estimate of drug-likeness (QED) is 0.636. The van der Waals surface area contributed by atoms with Crippen molar-refractivity contribution in [1.29, 1.82) is 0 Å². The maximum absolute atomic E-state index is 12.0. The molecule has 0 unspecified atom stereocenters. The lowest BCUT2D eigenvalue weighted by Gasteiger charge is -2.04. The smallest absolute Gasteiger partial charge is 0.256 e. The van der Waals surface area contributed by atoms with E-state index in [1.807, 2.05) is 49.4 Å². The number of aryl methyl sites for hydroxylation is 1. The van der Waals surface area contributed by atoms with Crippen molar-refractivity contribution in [2.24, 2.45) is 0 Å². The van der Waals surface area contributed by atoms with Gasteiger partial charge in [0.1, 0.15) is 0 Å². The number of benzene rings is 2. The van der Waals surface area contributed by atoms with Gasteiger partial charge in [-0.25, -0.2) is 4.98 Å². The predicted molar refractivity (Wildman–Crippen MR) is 101 cm³/mol. The van der Waals surface area contributed by atoms with E-state index in [2.05, 4.69) is 10.3 Å². The molecule has 0 radical (unpaired) electrons. The number of carbonyl (C=O) groups excluding carboxylic acids is 1. The average molecular weight is 373 g/mol. The molecule has 0 fully saturated rings. The highest BCUT2D eigenvalue weighted by Gasteiger charge is 2.10. The molecular formula is C19H17ClN2O2S. The summed E-state index contributed by atoms with van der Waals surface area (Å²) >= 11 is 7.24. The molecule has 1 amide bonds. The summed E-state index contributed by atoms with van der Waals surface area (Å²) in [6.45, 7) is 2.55. The lowest BCUT2D eigenvalue weighted by molar-refractivity contribution is -0.118. The molecule has 1 N–H and O–H groups in total. The van der Waals surface area contributed by atoms with Crippen molar-refractivity contribution in [2.75, 3.05) is 5.75 Å². The normalized spacial score (nSPS) is 10.6. The minimum atomic E-state index is -0.0620. The van der Waals surface area contributed by atoms with Crippen molar-refractivity contribution in [3.8, 4) is 11.3 Å². The minimum Gasteiger partial charge on any atom is -0.431 e. The Bertz CT molecular complexity index is 862. The Hall–Kier alpha value is -2.24. The Balaban J connectivity index is 1.50. The molecule has 4 nitrogen and oxygen atoms in total. The number of oxazole rings is 1. The maximum Gasteiger partial charge on any atom is 0.256 e. The summed E-state index contributed by atoms with van der Waals surface area (Å²) in [5.41, 5.74) is 3.13. The van der Waals surface area contributed by atoms with Crippen LogP contribution in [0.5, 0.6) is 0 Å². The molecule has 0 aliphatic carbocycles. The Kier molecular flexibility index (Phi) is 5.79. The number of nitrogens with one attached hydrogen (secondary N) is 1.